The molecule has 0 aromatic carbocycles. The summed E-state index contributed by atoms with van der Waals surface area (Å²) in [6, 6.07) is 2.41. The van der Waals surface area contributed by atoms with Gasteiger partial charge in [-0.25, -0.2) is 8.42 Å². The van der Waals surface area contributed by atoms with Crippen LogP contribution in [-0.4, -0.2) is 57.9 Å². The first-order valence-electron chi connectivity index (χ1n) is 8.05. The number of likely N-dealkylation sites (tertiary alicyclic amines) is 1. The van der Waals surface area contributed by atoms with Crippen molar-refractivity contribution in [1.82, 2.24) is 9.62 Å². The van der Waals surface area contributed by atoms with Crippen LogP contribution in [0.4, 0.5) is 0 Å². The lowest BCUT2D eigenvalue weighted by atomic mass is 9.96. The highest BCUT2D eigenvalue weighted by Gasteiger charge is 2.33. The zero-order valence-corrected chi connectivity index (χ0v) is 15.1. The number of thiophene rings is 1. The van der Waals surface area contributed by atoms with Crippen LogP contribution in [0.3, 0.4) is 0 Å². The quantitative estimate of drug-likeness (QED) is 0.832. The maximum Gasteiger partial charge on any atom is 0.250 e. The number of nitrogens with zero attached hydrogens (tertiary/aromatic N) is 1. The van der Waals surface area contributed by atoms with Gasteiger partial charge in [0.1, 0.15) is 4.21 Å². The van der Waals surface area contributed by atoms with Crippen LogP contribution in [-0.2, 0) is 24.3 Å². The van der Waals surface area contributed by atoms with Gasteiger partial charge in [-0.2, -0.15) is 4.72 Å². The fourth-order valence-corrected chi connectivity index (χ4v) is 5.28. The summed E-state index contributed by atoms with van der Waals surface area (Å²) in [5.41, 5.74) is 0. The summed E-state index contributed by atoms with van der Waals surface area (Å²) >= 11 is 1.13. The molecule has 0 aliphatic carbocycles. The van der Waals surface area contributed by atoms with Gasteiger partial charge in [-0.15, -0.1) is 11.3 Å². The van der Waals surface area contributed by atoms with Crippen LogP contribution >= 0.6 is 11.3 Å². The van der Waals surface area contributed by atoms with Crippen LogP contribution in [0.1, 0.15) is 19.8 Å². The summed E-state index contributed by atoms with van der Waals surface area (Å²) in [6.07, 6.45) is 1.46. The van der Waals surface area contributed by atoms with E-state index in [-0.39, 0.29) is 16.4 Å². The maximum atomic E-state index is 12.5. The second-order valence-electron chi connectivity index (χ2n) is 6.05. The van der Waals surface area contributed by atoms with Gasteiger partial charge in [0.05, 0.1) is 19.3 Å². The zero-order valence-electron chi connectivity index (χ0n) is 13.5. The molecule has 0 bridgehead atoms. The highest BCUT2D eigenvalue weighted by Crippen LogP contribution is 2.26. The first-order chi connectivity index (χ1) is 11.5. The van der Waals surface area contributed by atoms with Gasteiger partial charge in [0.25, 0.3) is 10.0 Å². The number of amides is 1. The van der Waals surface area contributed by atoms with Crippen molar-refractivity contribution < 1.29 is 22.7 Å². The summed E-state index contributed by atoms with van der Waals surface area (Å²) in [6.45, 7) is 4.04. The van der Waals surface area contributed by atoms with Gasteiger partial charge < -0.3 is 14.4 Å². The number of rotatable bonds is 5. The van der Waals surface area contributed by atoms with Crippen LogP contribution in [0, 0.1) is 5.92 Å². The number of sulfonamides is 1. The van der Waals surface area contributed by atoms with Crippen LogP contribution < -0.4 is 4.72 Å². The van der Waals surface area contributed by atoms with E-state index in [1.165, 1.54) is 6.07 Å². The summed E-state index contributed by atoms with van der Waals surface area (Å²) in [5, 5.41) is 1.69. The Hall–Kier alpha value is -1.00. The van der Waals surface area contributed by atoms with Gasteiger partial charge in [-0.3, -0.25) is 4.79 Å². The molecule has 1 unspecified atom stereocenters. The van der Waals surface area contributed by atoms with E-state index in [4.69, 9.17) is 9.47 Å². The number of ether oxygens (including phenoxy) is 2. The van der Waals surface area contributed by atoms with Crippen LogP contribution in [0.5, 0.6) is 0 Å². The third-order valence-electron chi connectivity index (χ3n) is 4.35. The van der Waals surface area contributed by atoms with E-state index in [0.717, 1.165) is 24.2 Å². The summed E-state index contributed by atoms with van der Waals surface area (Å²) in [7, 11) is -3.64. The van der Waals surface area contributed by atoms with Crippen molar-refractivity contribution in [3.05, 3.63) is 17.5 Å². The Morgan fingerprint density at radius 2 is 2.00 bits per heavy atom. The van der Waals surface area contributed by atoms with Gasteiger partial charge in [0.15, 0.2) is 6.29 Å². The first-order valence-corrected chi connectivity index (χ1v) is 10.4. The molecule has 1 aromatic rings. The average Bonchev–Trinajstić information content (AvgIpc) is 3.27. The van der Waals surface area contributed by atoms with Gasteiger partial charge in [0, 0.05) is 19.0 Å². The molecule has 134 valence electrons. The highest BCUT2D eigenvalue weighted by molar-refractivity contribution is 7.91. The van der Waals surface area contributed by atoms with Crippen molar-refractivity contribution in [1.29, 1.82) is 0 Å². The van der Waals surface area contributed by atoms with Crippen LogP contribution in [0.15, 0.2) is 21.7 Å². The zero-order chi connectivity index (χ0) is 17.2. The number of nitrogens with one attached hydrogen (secondary N) is 1. The normalized spacial score (nSPS) is 22.0. The lowest BCUT2D eigenvalue weighted by molar-refractivity contribution is -0.138. The van der Waals surface area contributed by atoms with Crippen molar-refractivity contribution in [2.24, 2.45) is 5.92 Å². The molecular formula is C15H22N2O5S2. The van der Waals surface area contributed by atoms with E-state index in [2.05, 4.69) is 4.72 Å². The Morgan fingerprint density at radius 1 is 1.33 bits per heavy atom. The van der Waals surface area contributed by atoms with Gasteiger partial charge in [-0.05, 0) is 31.2 Å². The molecule has 24 heavy (non-hydrogen) atoms. The largest absolute Gasteiger partial charge is 0.350 e. The van der Waals surface area contributed by atoms with Crippen LogP contribution in [0.25, 0.3) is 0 Å². The van der Waals surface area contributed by atoms with Gasteiger partial charge in [-0.1, -0.05) is 6.07 Å². The molecule has 0 saturated carbocycles. The van der Waals surface area contributed by atoms with E-state index < -0.39 is 16.1 Å². The molecule has 1 amide bonds. The molecule has 2 saturated heterocycles. The van der Waals surface area contributed by atoms with E-state index >= 15 is 0 Å². The number of hydrogen-bond acceptors (Lipinski definition) is 6. The molecule has 7 nitrogen and oxygen atoms in total. The Labute approximate surface area is 146 Å². The first kappa shape index (κ1) is 17.8. The third kappa shape index (κ3) is 3.97. The van der Waals surface area contributed by atoms with Crippen molar-refractivity contribution in [2.45, 2.75) is 36.3 Å². The van der Waals surface area contributed by atoms with Gasteiger partial charge in [0.2, 0.25) is 5.91 Å². The number of carbonyl (C=O) groups excluding carboxylic acids is 1. The minimum absolute atomic E-state index is 0.156. The maximum absolute atomic E-state index is 12.5. The van der Waals surface area contributed by atoms with Gasteiger partial charge >= 0.3 is 0 Å². The van der Waals surface area contributed by atoms with Crippen LogP contribution in [0.2, 0.25) is 0 Å². The molecule has 3 heterocycles. The van der Waals surface area contributed by atoms with E-state index in [9.17, 15) is 13.2 Å². The number of carbonyl (C=O) groups is 1. The molecule has 1 atom stereocenters. The molecule has 2 fully saturated rings. The summed E-state index contributed by atoms with van der Waals surface area (Å²) in [5.74, 6) is 0.108. The minimum Gasteiger partial charge on any atom is -0.350 e. The van der Waals surface area contributed by atoms with E-state index in [0.29, 0.717) is 32.2 Å². The highest BCUT2D eigenvalue weighted by atomic mass is 32.2. The molecule has 3 rings (SSSR count). The fourth-order valence-electron chi connectivity index (χ4n) is 3.07. The second-order valence-corrected chi connectivity index (χ2v) is 8.94. The Kier molecular flexibility index (Phi) is 5.56. The molecule has 2 aliphatic heterocycles. The van der Waals surface area contributed by atoms with Crippen molar-refractivity contribution in [2.75, 3.05) is 26.3 Å². The lowest BCUT2D eigenvalue weighted by Gasteiger charge is -2.35. The Morgan fingerprint density at radius 3 is 2.58 bits per heavy atom. The third-order valence-corrected chi connectivity index (χ3v) is 7.28. The standard InChI is InChI=1S/C15H22N2O5S2/c1-11(16-24(19,20)13-3-2-10-23-13)14(18)17-6-4-12(5-7-17)15-21-8-9-22-15/h2-3,10-12,15-16H,4-9H2,1H3. The predicted molar refractivity (Wildman–Crippen MR) is 89.1 cm³/mol. The SMILES string of the molecule is CC(NS(=O)(=O)c1cccs1)C(=O)N1CCC(C2OCCO2)CC1. The lowest BCUT2D eigenvalue weighted by Crippen LogP contribution is -2.50. The average molecular weight is 374 g/mol. The summed E-state index contributed by atoms with van der Waals surface area (Å²) < 4.78 is 38.2. The predicted octanol–water partition coefficient (Wildman–Crippen LogP) is 1.03. The smallest absolute Gasteiger partial charge is 0.250 e. The topological polar surface area (TPSA) is 84.9 Å². The van der Waals surface area contributed by atoms with Crippen molar-refractivity contribution >= 4 is 27.3 Å². The summed E-state index contributed by atoms with van der Waals surface area (Å²) in [4.78, 5) is 14.2. The molecule has 2 aliphatic rings. The Bertz CT molecular complexity index is 647. The molecule has 1 N–H and O–H groups in total. The van der Waals surface area contributed by atoms with E-state index in [1.807, 2.05) is 0 Å². The molecule has 0 radical (unpaired) electrons. The molecule has 0 spiro atoms. The molecule has 9 heteroatoms. The van der Waals surface area contributed by atoms with Crippen molar-refractivity contribution in [3.8, 4) is 0 Å². The fraction of sp³-hybridized carbons (Fsp3) is 0.667. The Balaban J connectivity index is 1.53. The number of hydrogen-bond donors (Lipinski definition) is 1. The molecular weight excluding hydrogens is 352 g/mol. The second kappa shape index (κ2) is 7.49. The minimum atomic E-state index is -3.64. The molecule has 1 aromatic heterocycles. The van der Waals surface area contributed by atoms with E-state index in [1.54, 1.807) is 23.3 Å². The number of piperidine rings is 1. The monoisotopic (exact) mass is 374 g/mol. The van der Waals surface area contributed by atoms with Crippen molar-refractivity contribution in [3.63, 3.8) is 0 Å².